The maximum Gasteiger partial charge on any atom is 0.286 e. The van der Waals surface area contributed by atoms with Crippen LogP contribution in [0.1, 0.15) is 11.1 Å². The van der Waals surface area contributed by atoms with Crippen LogP contribution < -0.4 is 4.74 Å². The Balaban J connectivity index is 1.81. The molecule has 0 bridgehead atoms. The molecule has 0 saturated carbocycles. The zero-order valence-corrected chi connectivity index (χ0v) is 16.8. The van der Waals surface area contributed by atoms with E-state index in [4.69, 9.17) is 17.0 Å². The van der Waals surface area contributed by atoms with Gasteiger partial charge in [0.15, 0.2) is 4.32 Å². The van der Waals surface area contributed by atoms with Crippen molar-refractivity contribution in [2.45, 2.75) is 0 Å². The highest BCUT2D eigenvalue weighted by Crippen LogP contribution is 2.33. The summed E-state index contributed by atoms with van der Waals surface area (Å²) in [6, 6.07) is 12.3. The summed E-state index contributed by atoms with van der Waals surface area (Å²) in [5.41, 5.74) is 1.34. The number of rotatable bonds is 4. The van der Waals surface area contributed by atoms with Crippen LogP contribution >= 0.6 is 39.9 Å². The Kier molecular flexibility index (Phi) is 5.75. The van der Waals surface area contributed by atoms with Crippen LogP contribution in [-0.2, 0) is 4.79 Å². The van der Waals surface area contributed by atoms with Gasteiger partial charge in [-0.2, -0.15) is 10.1 Å². The summed E-state index contributed by atoms with van der Waals surface area (Å²) < 4.78 is 6.25. The minimum absolute atomic E-state index is 0.0659. The molecule has 3 rings (SSSR count). The number of aromatic hydroxyl groups is 1. The van der Waals surface area contributed by atoms with E-state index < -0.39 is 0 Å². The van der Waals surface area contributed by atoms with Gasteiger partial charge in [0, 0.05) is 10.0 Å². The molecule has 1 heterocycles. The van der Waals surface area contributed by atoms with Gasteiger partial charge in [0.1, 0.15) is 11.5 Å². The minimum Gasteiger partial charge on any atom is -0.507 e. The first-order valence-electron chi connectivity index (χ1n) is 7.42. The Bertz CT molecular complexity index is 927. The van der Waals surface area contributed by atoms with Gasteiger partial charge in [-0.25, -0.2) is 0 Å². The number of methoxy groups -OCH3 is 1. The number of nitrogens with zero attached hydrogens (tertiary/aromatic N) is 2. The van der Waals surface area contributed by atoms with Gasteiger partial charge in [-0.1, -0.05) is 39.8 Å². The number of hydrogen-bond acceptors (Lipinski definition) is 6. The minimum atomic E-state index is -0.304. The van der Waals surface area contributed by atoms with Crippen LogP contribution in [0.4, 0.5) is 0 Å². The summed E-state index contributed by atoms with van der Waals surface area (Å²) >= 11 is 9.76. The van der Waals surface area contributed by atoms with Gasteiger partial charge in [-0.05, 0) is 54.2 Å². The second-order valence-corrected chi connectivity index (χ2v) is 7.81. The summed E-state index contributed by atoms with van der Waals surface area (Å²) in [6.07, 6.45) is 3.16. The van der Waals surface area contributed by atoms with Crippen LogP contribution in [0.25, 0.3) is 6.08 Å². The zero-order valence-electron chi connectivity index (χ0n) is 13.5. The molecule has 1 N–H and O–H groups in total. The summed E-state index contributed by atoms with van der Waals surface area (Å²) in [5, 5.41) is 15.1. The first-order valence-corrected chi connectivity index (χ1v) is 9.44. The van der Waals surface area contributed by atoms with Crippen LogP contribution in [0.5, 0.6) is 11.5 Å². The first kappa shape index (κ1) is 18.6. The molecule has 2 aromatic carbocycles. The molecule has 2 aromatic rings. The van der Waals surface area contributed by atoms with Crippen molar-refractivity contribution in [1.82, 2.24) is 5.01 Å². The molecule has 0 aromatic heterocycles. The Labute approximate surface area is 168 Å². The van der Waals surface area contributed by atoms with E-state index >= 15 is 0 Å². The van der Waals surface area contributed by atoms with E-state index in [-0.39, 0.29) is 11.7 Å². The van der Waals surface area contributed by atoms with Gasteiger partial charge in [0.2, 0.25) is 0 Å². The Morgan fingerprint density at radius 2 is 2.00 bits per heavy atom. The van der Waals surface area contributed by atoms with Crippen molar-refractivity contribution in [2.24, 2.45) is 5.10 Å². The molecule has 0 aliphatic carbocycles. The van der Waals surface area contributed by atoms with Gasteiger partial charge in [-0.3, -0.25) is 4.79 Å². The molecule has 0 atom stereocenters. The number of benzene rings is 2. The average Bonchev–Trinajstić information content (AvgIpc) is 2.90. The first-order chi connectivity index (χ1) is 12.5. The topological polar surface area (TPSA) is 62.1 Å². The van der Waals surface area contributed by atoms with Crippen LogP contribution in [0.15, 0.2) is 56.9 Å². The van der Waals surface area contributed by atoms with E-state index in [9.17, 15) is 9.90 Å². The van der Waals surface area contributed by atoms with Gasteiger partial charge < -0.3 is 9.84 Å². The highest BCUT2D eigenvalue weighted by molar-refractivity contribution is 9.10. The number of hydrogen-bond donors (Lipinski definition) is 1. The van der Waals surface area contributed by atoms with Gasteiger partial charge >= 0.3 is 0 Å². The highest BCUT2D eigenvalue weighted by Gasteiger charge is 2.32. The summed E-state index contributed by atoms with van der Waals surface area (Å²) in [4.78, 5) is 13.0. The van der Waals surface area contributed by atoms with Gasteiger partial charge in [0.05, 0.1) is 18.2 Å². The number of ether oxygens (including phenoxy) is 1. The molecular formula is C18H13BrN2O3S2. The van der Waals surface area contributed by atoms with E-state index in [0.717, 1.165) is 20.8 Å². The fraction of sp³-hybridized carbons (Fsp3) is 0.0556. The number of hydrazone groups is 1. The van der Waals surface area contributed by atoms with Crippen LogP contribution in [0.3, 0.4) is 0 Å². The van der Waals surface area contributed by atoms with Crippen molar-refractivity contribution in [3.8, 4) is 11.5 Å². The molecular weight excluding hydrogens is 436 g/mol. The Hall–Kier alpha value is -2.16. The quantitative estimate of drug-likeness (QED) is 0.426. The number of carbonyl (C=O) groups is 1. The largest absolute Gasteiger partial charge is 0.507 e. The summed E-state index contributed by atoms with van der Waals surface area (Å²) in [6.45, 7) is 0. The van der Waals surface area contributed by atoms with Crippen molar-refractivity contribution in [3.63, 3.8) is 0 Å². The lowest BCUT2D eigenvalue weighted by Crippen LogP contribution is -2.22. The summed E-state index contributed by atoms with van der Waals surface area (Å²) in [7, 11) is 1.60. The van der Waals surface area contributed by atoms with E-state index in [0.29, 0.717) is 14.8 Å². The Morgan fingerprint density at radius 3 is 2.69 bits per heavy atom. The molecule has 26 heavy (non-hydrogen) atoms. The fourth-order valence-electron chi connectivity index (χ4n) is 2.16. The number of phenolic OH excluding ortho intramolecular Hbond substituents is 1. The number of thioether (sulfide) groups is 1. The van der Waals surface area contributed by atoms with E-state index in [1.54, 1.807) is 31.4 Å². The van der Waals surface area contributed by atoms with E-state index in [2.05, 4.69) is 21.0 Å². The molecule has 0 unspecified atom stereocenters. The SMILES string of the molecule is COc1ccc(C=C2SC(=S)N(/N=C/c3cc(Br)ccc3O)C2=O)cc1. The second kappa shape index (κ2) is 8.03. The van der Waals surface area contributed by atoms with E-state index in [1.165, 1.54) is 18.0 Å². The molecule has 0 radical (unpaired) electrons. The standard InChI is InChI=1S/C18H13BrN2O3S2/c1-24-14-5-2-11(3-6-14)8-16-17(23)21(18(25)26-16)20-10-12-9-13(19)4-7-15(12)22/h2-10,22H,1H3/b16-8?,20-10+. The van der Waals surface area contributed by atoms with Crippen LogP contribution in [0.2, 0.25) is 0 Å². The predicted molar refractivity (Wildman–Crippen MR) is 111 cm³/mol. The summed E-state index contributed by atoms with van der Waals surface area (Å²) in [5.74, 6) is 0.505. The predicted octanol–water partition coefficient (Wildman–Crippen LogP) is 4.40. The lowest BCUT2D eigenvalue weighted by molar-refractivity contribution is -0.122. The fourth-order valence-corrected chi connectivity index (χ4v) is 3.71. The van der Waals surface area contributed by atoms with Crippen molar-refractivity contribution in [3.05, 3.63) is 63.0 Å². The smallest absolute Gasteiger partial charge is 0.286 e. The molecule has 1 fully saturated rings. The lowest BCUT2D eigenvalue weighted by Gasteiger charge is -2.06. The van der Waals surface area contributed by atoms with Crippen LogP contribution in [0, 0.1) is 0 Å². The van der Waals surface area contributed by atoms with E-state index in [1.807, 2.05) is 24.3 Å². The normalized spacial score (nSPS) is 16.1. The molecule has 8 heteroatoms. The van der Waals surface area contributed by atoms with Crippen molar-refractivity contribution in [1.29, 1.82) is 0 Å². The maximum absolute atomic E-state index is 12.6. The number of phenols is 1. The number of thiocarbonyl (C=S) groups is 1. The molecule has 1 aliphatic rings. The average molecular weight is 449 g/mol. The zero-order chi connectivity index (χ0) is 18.7. The number of carbonyl (C=O) groups excluding carboxylic acids is 1. The number of amides is 1. The maximum atomic E-state index is 12.6. The van der Waals surface area contributed by atoms with Gasteiger partial charge in [-0.15, -0.1) is 0 Å². The second-order valence-electron chi connectivity index (χ2n) is 5.21. The molecule has 1 aliphatic heterocycles. The molecule has 1 saturated heterocycles. The molecule has 1 amide bonds. The van der Waals surface area contributed by atoms with Crippen LogP contribution in [-0.4, -0.2) is 33.7 Å². The third-order valence-corrected chi connectivity index (χ3v) is 5.26. The molecule has 5 nitrogen and oxygen atoms in total. The van der Waals surface area contributed by atoms with Gasteiger partial charge in [0.25, 0.3) is 5.91 Å². The third-order valence-electron chi connectivity index (χ3n) is 3.49. The molecule has 0 spiro atoms. The molecule has 132 valence electrons. The van der Waals surface area contributed by atoms with Crippen molar-refractivity contribution >= 4 is 62.4 Å². The number of halogens is 1. The Morgan fingerprint density at radius 1 is 1.27 bits per heavy atom. The monoisotopic (exact) mass is 448 g/mol. The third kappa shape index (κ3) is 4.14. The highest BCUT2D eigenvalue weighted by atomic mass is 79.9. The van der Waals surface area contributed by atoms with Crippen molar-refractivity contribution < 1.29 is 14.6 Å². The lowest BCUT2D eigenvalue weighted by atomic mass is 10.2. The van der Waals surface area contributed by atoms with Crippen molar-refractivity contribution in [2.75, 3.05) is 7.11 Å².